The molecule has 82 valence electrons. The van der Waals surface area contributed by atoms with Crippen molar-refractivity contribution in [2.45, 2.75) is 11.8 Å². The van der Waals surface area contributed by atoms with Crippen LogP contribution in [0.1, 0.15) is 12.5 Å². The van der Waals surface area contributed by atoms with Gasteiger partial charge in [0.15, 0.2) is 9.84 Å². The lowest BCUT2D eigenvalue weighted by atomic mass is 10.1. The summed E-state index contributed by atoms with van der Waals surface area (Å²) in [6.07, 6.45) is 1.16. The smallest absolute Gasteiger partial charge is 0.175 e. The van der Waals surface area contributed by atoms with Crippen LogP contribution in [0.2, 0.25) is 0 Å². The lowest BCUT2D eigenvalue weighted by molar-refractivity contribution is 0.602. The van der Waals surface area contributed by atoms with Crippen LogP contribution in [0.15, 0.2) is 23.1 Å². The summed E-state index contributed by atoms with van der Waals surface area (Å²) >= 11 is 0. The van der Waals surface area contributed by atoms with Gasteiger partial charge in [0.25, 0.3) is 0 Å². The van der Waals surface area contributed by atoms with Gasteiger partial charge in [-0.2, -0.15) is 0 Å². The normalized spacial score (nSPS) is 11.1. The first kappa shape index (κ1) is 11.7. The molecule has 2 N–H and O–H groups in total. The molecule has 4 nitrogen and oxygen atoms in total. The molecule has 0 spiro atoms. The molecule has 0 heterocycles. The molecule has 0 amide bonds. The Morgan fingerprint density at radius 2 is 2.00 bits per heavy atom. The summed E-state index contributed by atoms with van der Waals surface area (Å²) in [6, 6.07) is 4.72. The second-order valence-corrected chi connectivity index (χ2v) is 5.37. The van der Waals surface area contributed by atoms with Crippen LogP contribution in [0.4, 0.5) is 5.69 Å². The molecule has 0 saturated carbocycles. The molecule has 1 aromatic carbocycles. The highest BCUT2D eigenvalue weighted by Gasteiger charge is 2.11. The molecule has 0 aliphatic carbocycles. The first-order chi connectivity index (χ1) is 6.86. The molecule has 0 unspecified atom stereocenters. The van der Waals surface area contributed by atoms with Crippen LogP contribution in [0, 0.1) is 5.41 Å². The molecular formula is C10H14N2O2S. The van der Waals surface area contributed by atoms with Gasteiger partial charge in [0.05, 0.1) is 4.90 Å². The van der Waals surface area contributed by atoms with Gasteiger partial charge in [-0.3, -0.25) is 0 Å². The molecule has 1 aromatic rings. The third-order valence-electron chi connectivity index (χ3n) is 2.09. The molecule has 0 atom stereocenters. The number of nitrogens with one attached hydrogen (secondary N) is 2. The highest BCUT2D eigenvalue weighted by atomic mass is 32.2. The average Bonchev–Trinajstić information content (AvgIpc) is 2.15. The van der Waals surface area contributed by atoms with Crippen molar-refractivity contribution in [3.8, 4) is 0 Å². The van der Waals surface area contributed by atoms with E-state index in [1.807, 2.05) is 0 Å². The maximum absolute atomic E-state index is 11.3. The molecule has 0 aliphatic rings. The Morgan fingerprint density at radius 1 is 1.40 bits per heavy atom. The summed E-state index contributed by atoms with van der Waals surface area (Å²) in [6.45, 7) is 1.63. The van der Waals surface area contributed by atoms with E-state index in [0.717, 1.165) is 11.9 Å². The number of benzene rings is 1. The third-order valence-corrected chi connectivity index (χ3v) is 3.20. The topological polar surface area (TPSA) is 70.0 Å². The van der Waals surface area contributed by atoms with E-state index in [0.29, 0.717) is 11.3 Å². The Labute approximate surface area is 89.8 Å². The Hall–Kier alpha value is -1.36. The summed E-state index contributed by atoms with van der Waals surface area (Å²) < 4.78 is 22.6. The molecule has 15 heavy (non-hydrogen) atoms. The van der Waals surface area contributed by atoms with Crippen molar-refractivity contribution >= 4 is 21.2 Å². The summed E-state index contributed by atoms with van der Waals surface area (Å²) in [5, 5.41) is 10.5. The number of sulfone groups is 1. The second kappa shape index (κ2) is 4.02. The van der Waals surface area contributed by atoms with Crippen molar-refractivity contribution in [2.75, 3.05) is 18.6 Å². The van der Waals surface area contributed by atoms with Gasteiger partial charge in [-0.1, -0.05) is 0 Å². The van der Waals surface area contributed by atoms with Crippen LogP contribution in [-0.4, -0.2) is 27.4 Å². The molecule has 0 radical (unpaired) electrons. The van der Waals surface area contributed by atoms with E-state index in [2.05, 4.69) is 5.32 Å². The van der Waals surface area contributed by atoms with Crippen molar-refractivity contribution in [1.82, 2.24) is 0 Å². The zero-order chi connectivity index (χ0) is 11.6. The fraction of sp³-hybridized carbons (Fsp3) is 0.300. The minimum Gasteiger partial charge on any atom is -0.388 e. The van der Waals surface area contributed by atoms with Crippen molar-refractivity contribution in [1.29, 1.82) is 5.41 Å². The van der Waals surface area contributed by atoms with Gasteiger partial charge < -0.3 is 10.7 Å². The SMILES string of the molecule is CNc1ccc(S(C)(=O)=O)cc1C(C)=N. The Kier molecular flexibility index (Phi) is 3.14. The molecule has 5 heteroatoms. The Bertz CT molecular complexity index is 492. The molecule has 0 bridgehead atoms. The zero-order valence-corrected chi connectivity index (χ0v) is 9.77. The number of anilines is 1. The maximum Gasteiger partial charge on any atom is 0.175 e. The number of rotatable bonds is 3. The van der Waals surface area contributed by atoms with E-state index in [1.165, 1.54) is 12.1 Å². The van der Waals surface area contributed by atoms with Crippen LogP contribution in [0.5, 0.6) is 0 Å². The van der Waals surface area contributed by atoms with Crippen molar-refractivity contribution in [3.63, 3.8) is 0 Å². The summed E-state index contributed by atoms with van der Waals surface area (Å²) in [5.74, 6) is 0. The predicted octanol–water partition coefficient (Wildman–Crippen LogP) is 1.52. The highest BCUT2D eigenvalue weighted by molar-refractivity contribution is 7.90. The van der Waals surface area contributed by atoms with Gasteiger partial charge in [-0.15, -0.1) is 0 Å². The monoisotopic (exact) mass is 226 g/mol. The average molecular weight is 226 g/mol. The number of hydrogen-bond acceptors (Lipinski definition) is 4. The number of hydrogen-bond donors (Lipinski definition) is 2. The van der Waals surface area contributed by atoms with Crippen LogP contribution in [0.3, 0.4) is 0 Å². The summed E-state index contributed by atoms with van der Waals surface area (Å²) in [4.78, 5) is 0.239. The van der Waals surface area contributed by atoms with Gasteiger partial charge in [0.1, 0.15) is 0 Å². The molecule has 0 fully saturated rings. The van der Waals surface area contributed by atoms with Gasteiger partial charge in [-0.05, 0) is 25.1 Å². The predicted molar refractivity (Wildman–Crippen MR) is 61.6 cm³/mol. The van der Waals surface area contributed by atoms with E-state index in [1.54, 1.807) is 20.0 Å². The molecule has 0 aromatic heterocycles. The van der Waals surface area contributed by atoms with Crippen LogP contribution in [0.25, 0.3) is 0 Å². The van der Waals surface area contributed by atoms with Crippen LogP contribution < -0.4 is 5.32 Å². The van der Waals surface area contributed by atoms with Gasteiger partial charge in [0.2, 0.25) is 0 Å². The molecule has 1 rings (SSSR count). The van der Waals surface area contributed by atoms with Gasteiger partial charge in [0, 0.05) is 30.3 Å². The van der Waals surface area contributed by atoms with Crippen molar-refractivity contribution in [3.05, 3.63) is 23.8 Å². The van der Waals surface area contributed by atoms with Crippen LogP contribution in [-0.2, 0) is 9.84 Å². The fourth-order valence-corrected chi connectivity index (χ4v) is 1.93. The van der Waals surface area contributed by atoms with Gasteiger partial charge in [-0.25, -0.2) is 8.42 Å². The summed E-state index contributed by atoms with van der Waals surface area (Å²) in [7, 11) is -1.47. The first-order valence-corrected chi connectivity index (χ1v) is 6.33. The largest absolute Gasteiger partial charge is 0.388 e. The van der Waals surface area contributed by atoms with E-state index in [9.17, 15) is 8.42 Å². The Morgan fingerprint density at radius 3 is 2.40 bits per heavy atom. The second-order valence-electron chi connectivity index (χ2n) is 3.35. The molecule has 0 saturated heterocycles. The third kappa shape index (κ3) is 2.56. The molecular weight excluding hydrogens is 212 g/mol. The van der Waals surface area contributed by atoms with Gasteiger partial charge >= 0.3 is 0 Å². The van der Waals surface area contributed by atoms with Crippen molar-refractivity contribution < 1.29 is 8.42 Å². The van der Waals surface area contributed by atoms with E-state index in [4.69, 9.17) is 5.41 Å². The standard InChI is InChI=1S/C10H14N2O2S/c1-7(11)9-6-8(15(3,13)14)4-5-10(9)12-2/h4-6,11-12H,1-3H3. The van der Waals surface area contributed by atoms with E-state index in [-0.39, 0.29) is 4.90 Å². The first-order valence-electron chi connectivity index (χ1n) is 4.43. The Balaban J connectivity index is 3.42. The fourth-order valence-electron chi connectivity index (χ4n) is 1.28. The minimum atomic E-state index is -3.21. The van der Waals surface area contributed by atoms with E-state index < -0.39 is 9.84 Å². The lowest BCUT2D eigenvalue weighted by Crippen LogP contribution is -2.04. The van der Waals surface area contributed by atoms with E-state index >= 15 is 0 Å². The van der Waals surface area contributed by atoms with Crippen molar-refractivity contribution in [2.24, 2.45) is 0 Å². The zero-order valence-electron chi connectivity index (χ0n) is 8.96. The lowest BCUT2D eigenvalue weighted by Gasteiger charge is -2.09. The highest BCUT2D eigenvalue weighted by Crippen LogP contribution is 2.20. The van der Waals surface area contributed by atoms with Crippen LogP contribution >= 0.6 is 0 Å². The minimum absolute atomic E-state index is 0.239. The quantitative estimate of drug-likeness (QED) is 0.768. The molecule has 0 aliphatic heterocycles. The summed E-state index contributed by atoms with van der Waals surface area (Å²) in [5.41, 5.74) is 1.71. The maximum atomic E-state index is 11.3.